The van der Waals surface area contributed by atoms with Crippen LogP contribution in [-0.4, -0.2) is 16.8 Å². The van der Waals surface area contributed by atoms with Crippen molar-refractivity contribution in [2.45, 2.75) is 6.42 Å². The third-order valence-corrected chi connectivity index (χ3v) is 0.766. The van der Waals surface area contributed by atoms with E-state index in [1.165, 1.54) is 6.08 Å². The summed E-state index contributed by atoms with van der Waals surface area (Å²) in [7, 11) is 0. The van der Waals surface area contributed by atoms with E-state index in [1.807, 2.05) is 0 Å². The van der Waals surface area contributed by atoms with Gasteiger partial charge in [0.15, 0.2) is 4.67 Å². The van der Waals surface area contributed by atoms with E-state index in [0.29, 0.717) is 6.42 Å². The first-order valence-electron chi connectivity index (χ1n) is 1.93. The molecule has 0 aliphatic carbocycles. The molecule has 0 aliphatic rings. The fraction of sp³-hybridized carbons (Fsp3) is 0.500. The summed E-state index contributed by atoms with van der Waals surface area (Å²) in [5.74, 6) is 0. The second-order valence-electron chi connectivity index (χ2n) is 1.04. The minimum Gasteiger partial charge on any atom is -0.502 e. The predicted molar refractivity (Wildman–Crippen MR) is 31.3 cm³/mol. The maximum absolute atomic E-state index is 8.35. The lowest BCUT2D eigenvalue weighted by atomic mass is 10.5. The molecule has 3 heteroatoms. The molecule has 0 spiro atoms. The van der Waals surface area contributed by atoms with Crippen LogP contribution in [0.25, 0.3) is 0 Å². The van der Waals surface area contributed by atoms with Gasteiger partial charge < -0.3 is 10.2 Å². The number of hydrogen-bond acceptors (Lipinski definition) is 2. The van der Waals surface area contributed by atoms with E-state index in [9.17, 15) is 0 Å². The second kappa shape index (κ2) is 4.15. The van der Waals surface area contributed by atoms with Crippen LogP contribution < -0.4 is 0 Å². The Morgan fingerprint density at radius 2 is 2.29 bits per heavy atom. The molecule has 0 aliphatic heterocycles. The molecule has 0 aromatic heterocycles. The van der Waals surface area contributed by atoms with Crippen molar-refractivity contribution < 1.29 is 10.2 Å². The minimum atomic E-state index is 0.0790. The molecule has 7 heavy (non-hydrogen) atoms. The molecule has 0 bridgehead atoms. The molecule has 0 aromatic carbocycles. The molecule has 0 saturated heterocycles. The zero-order valence-electron chi connectivity index (χ0n) is 3.76. The molecule has 0 amide bonds. The van der Waals surface area contributed by atoms with Gasteiger partial charge in [-0.1, -0.05) is 0 Å². The van der Waals surface area contributed by atoms with Crippen molar-refractivity contribution in [3.63, 3.8) is 0 Å². The highest BCUT2D eigenvalue weighted by Gasteiger charge is 1.78. The molecule has 0 heterocycles. The lowest BCUT2D eigenvalue weighted by Gasteiger charge is -1.82. The zero-order valence-corrected chi connectivity index (χ0v) is 5.35. The van der Waals surface area contributed by atoms with Crippen LogP contribution in [0.1, 0.15) is 6.42 Å². The Balaban J connectivity index is 3.08. The van der Waals surface area contributed by atoms with Gasteiger partial charge in [-0.25, -0.2) is 0 Å². The van der Waals surface area contributed by atoms with Gasteiger partial charge in [-0.15, -0.1) is 0 Å². The van der Waals surface area contributed by atoms with Gasteiger partial charge in [-0.2, -0.15) is 0 Å². The summed E-state index contributed by atoms with van der Waals surface area (Å²) < 4.78 is 0.0848. The van der Waals surface area contributed by atoms with Crippen LogP contribution in [0.2, 0.25) is 0 Å². The van der Waals surface area contributed by atoms with Crippen molar-refractivity contribution in [1.29, 1.82) is 0 Å². The maximum Gasteiger partial charge on any atom is 0.154 e. The topological polar surface area (TPSA) is 40.5 Å². The van der Waals surface area contributed by atoms with Gasteiger partial charge >= 0.3 is 0 Å². The van der Waals surface area contributed by atoms with Crippen LogP contribution in [0.4, 0.5) is 0 Å². The first-order valence-corrected chi connectivity index (χ1v) is 2.72. The Hall–Kier alpha value is -0.0200. The number of rotatable bonds is 2. The zero-order chi connectivity index (χ0) is 5.70. The van der Waals surface area contributed by atoms with Gasteiger partial charge in [0.1, 0.15) is 0 Å². The summed E-state index contributed by atoms with van der Waals surface area (Å²) in [5, 5.41) is 16.5. The standard InChI is InChI=1S/C4H7BrO2/c5-4(7)2-1-3-6/h2,6-7H,1,3H2. The number of aliphatic hydroxyl groups is 2. The van der Waals surface area contributed by atoms with E-state index in [1.54, 1.807) is 0 Å². The highest BCUT2D eigenvalue weighted by molar-refractivity contribution is 9.11. The Morgan fingerprint density at radius 3 is 2.43 bits per heavy atom. The maximum atomic E-state index is 8.35. The number of aliphatic hydroxyl groups excluding tert-OH is 2. The molecular formula is C4H7BrO2. The first kappa shape index (κ1) is 6.98. The van der Waals surface area contributed by atoms with Crippen LogP contribution in [0, 0.1) is 0 Å². The van der Waals surface area contributed by atoms with Gasteiger partial charge in [0.25, 0.3) is 0 Å². The molecule has 0 unspecified atom stereocenters. The Labute approximate surface area is 50.6 Å². The van der Waals surface area contributed by atoms with Gasteiger partial charge in [-0.3, -0.25) is 0 Å². The smallest absolute Gasteiger partial charge is 0.154 e. The van der Waals surface area contributed by atoms with E-state index in [2.05, 4.69) is 15.9 Å². The SMILES string of the molecule is OCCC=C(O)Br. The lowest BCUT2D eigenvalue weighted by molar-refractivity contribution is 0.301. The van der Waals surface area contributed by atoms with E-state index in [-0.39, 0.29) is 11.3 Å². The highest BCUT2D eigenvalue weighted by atomic mass is 79.9. The summed E-state index contributed by atoms with van der Waals surface area (Å²) in [4.78, 5) is 0. The molecule has 2 N–H and O–H groups in total. The summed E-state index contributed by atoms with van der Waals surface area (Å²) in [6.45, 7) is 0.0790. The van der Waals surface area contributed by atoms with E-state index in [4.69, 9.17) is 10.2 Å². The van der Waals surface area contributed by atoms with E-state index >= 15 is 0 Å². The molecule has 0 saturated carbocycles. The van der Waals surface area contributed by atoms with Crippen LogP contribution in [-0.2, 0) is 0 Å². The highest BCUT2D eigenvalue weighted by Crippen LogP contribution is 1.98. The van der Waals surface area contributed by atoms with Gasteiger partial charge in [0, 0.05) is 6.61 Å². The lowest BCUT2D eigenvalue weighted by Crippen LogP contribution is -1.76. The minimum absolute atomic E-state index is 0.0790. The summed E-state index contributed by atoms with van der Waals surface area (Å²) in [6.07, 6.45) is 1.98. The quantitative estimate of drug-likeness (QED) is 0.606. The molecule has 0 fully saturated rings. The average Bonchev–Trinajstić information content (AvgIpc) is 1.61. The molecule has 0 rings (SSSR count). The Kier molecular flexibility index (Phi) is 4.14. The number of hydrogen-bond donors (Lipinski definition) is 2. The van der Waals surface area contributed by atoms with Crippen molar-refractivity contribution in [3.05, 3.63) is 10.7 Å². The van der Waals surface area contributed by atoms with Gasteiger partial charge in [-0.05, 0) is 28.4 Å². The van der Waals surface area contributed by atoms with Crippen molar-refractivity contribution in [2.75, 3.05) is 6.61 Å². The van der Waals surface area contributed by atoms with Crippen molar-refractivity contribution in [1.82, 2.24) is 0 Å². The third kappa shape index (κ3) is 5.98. The van der Waals surface area contributed by atoms with Crippen molar-refractivity contribution >= 4 is 15.9 Å². The Bertz CT molecular complexity index is 66.1. The second-order valence-corrected chi connectivity index (χ2v) is 1.85. The fourth-order valence-electron chi connectivity index (χ4n) is 0.184. The fourth-order valence-corrected chi connectivity index (χ4v) is 0.413. The average molecular weight is 167 g/mol. The van der Waals surface area contributed by atoms with E-state index < -0.39 is 0 Å². The molecule has 0 radical (unpaired) electrons. The molecular weight excluding hydrogens is 160 g/mol. The molecule has 2 nitrogen and oxygen atoms in total. The third-order valence-electron chi connectivity index (χ3n) is 0.442. The van der Waals surface area contributed by atoms with Crippen LogP contribution in [0.3, 0.4) is 0 Å². The first-order chi connectivity index (χ1) is 3.27. The molecule has 0 atom stereocenters. The van der Waals surface area contributed by atoms with Crippen LogP contribution >= 0.6 is 15.9 Å². The summed E-state index contributed by atoms with van der Waals surface area (Å²) >= 11 is 2.78. The van der Waals surface area contributed by atoms with Crippen molar-refractivity contribution in [2.24, 2.45) is 0 Å². The molecule has 42 valence electrons. The normalized spacial score (nSPS) is 12.0. The number of halogens is 1. The van der Waals surface area contributed by atoms with Crippen molar-refractivity contribution in [3.8, 4) is 0 Å². The van der Waals surface area contributed by atoms with Gasteiger partial charge in [0.2, 0.25) is 0 Å². The monoisotopic (exact) mass is 166 g/mol. The largest absolute Gasteiger partial charge is 0.502 e. The summed E-state index contributed by atoms with van der Waals surface area (Å²) in [5.41, 5.74) is 0. The Morgan fingerprint density at radius 1 is 1.71 bits per heavy atom. The van der Waals surface area contributed by atoms with Crippen LogP contribution in [0.5, 0.6) is 0 Å². The van der Waals surface area contributed by atoms with E-state index in [0.717, 1.165) is 0 Å². The summed E-state index contributed by atoms with van der Waals surface area (Å²) in [6, 6.07) is 0. The molecule has 0 aromatic rings. The van der Waals surface area contributed by atoms with Crippen LogP contribution in [0.15, 0.2) is 10.7 Å². The predicted octanol–water partition coefficient (Wildman–Crippen LogP) is 1.16. The van der Waals surface area contributed by atoms with Gasteiger partial charge in [0.05, 0.1) is 0 Å².